The molecular weight excluding hydrogens is 224 g/mol. The monoisotopic (exact) mass is 246 g/mol. The van der Waals surface area contributed by atoms with Crippen molar-refractivity contribution in [2.45, 2.75) is 63.6 Å². The third kappa shape index (κ3) is 4.01. The summed E-state index contributed by atoms with van der Waals surface area (Å²) in [6.45, 7) is 4.63. The van der Waals surface area contributed by atoms with E-state index in [4.69, 9.17) is 0 Å². The maximum absolute atomic E-state index is 3.73. The first-order valence-corrected chi connectivity index (χ1v) is 6.79. The Morgan fingerprint density at radius 2 is 2.00 bits per heavy atom. The van der Waals surface area contributed by atoms with E-state index < -0.39 is 0 Å². The lowest BCUT2D eigenvalue weighted by atomic mass is 9.94. The van der Waals surface area contributed by atoms with E-state index in [1.165, 1.54) is 44.9 Å². The normalized spacial score (nSPS) is 32.5. The van der Waals surface area contributed by atoms with E-state index in [2.05, 4.69) is 29.8 Å². The van der Waals surface area contributed by atoms with Gasteiger partial charge in [-0.1, -0.05) is 61.9 Å². The van der Waals surface area contributed by atoms with E-state index >= 15 is 0 Å². The molecule has 1 heteroatoms. The zero-order valence-electron chi connectivity index (χ0n) is 9.06. The van der Waals surface area contributed by atoms with Crippen molar-refractivity contribution in [3.05, 3.63) is 0 Å². The molecule has 0 spiro atoms. The van der Waals surface area contributed by atoms with Gasteiger partial charge in [0.05, 0.1) is 0 Å². The lowest BCUT2D eigenvalue weighted by molar-refractivity contribution is 0.407. The molecule has 0 aromatic rings. The zero-order chi connectivity index (χ0) is 9.68. The average Bonchev–Trinajstić information content (AvgIpc) is 2.30. The van der Waals surface area contributed by atoms with Crippen LogP contribution in [-0.4, -0.2) is 4.83 Å². The minimum absolute atomic E-state index is 0.730. The molecule has 0 bridgehead atoms. The molecular formula is C12H23Br. The molecule has 78 valence electrons. The maximum atomic E-state index is 3.73. The van der Waals surface area contributed by atoms with Gasteiger partial charge in [0.1, 0.15) is 0 Å². The highest BCUT2D eigenvalue weighted by Gasteiger charge is 2.20. The highest BCUT2D eigenvalue weighted by atomic mass is 79.9. The number of hydrogen-bond acceptors (Lipinski definition) is 0. The minimum Gasteiger partial charge on any atom is -0.0891 e. The van der Waals surface area contributed by atoms with Crippen LogP contribution in [0.1, 0.15) is 58.8 Å². The summed E-state index contributed by atoms with van der Waals surface area (Å²) in [4.78, 5) is 0.730. The van der Waals surface area contributed by atoms with Gasteiger partial charge in [-0.3, -0.25) is 0 Å². The van der Waals surface area contributed by atoms with Gasteiger partial charge in [0.15, 0.2) is 0 Å². The molecule has 3 atom stereocenters. The van der Waals surface area contributed by atoms with Gasteiger partial charge in [-0.25, -0.2) is 0 Å². The molecule has 0 aromatic heterocycles. The summed E-state index contributed by atoms with van der Waals surface area (Å²) in [6, 6.07) is 0. The van der Waals surface area contributed by atoms with E-state index in [1.54, 1.807) is 0 Å². The second kappa shape index (κ2) is 6.06. The fourth-order valence-corrected chi connectivity index (χ4v) is 3.09. The quantitative estimate of drug-likeness (QED) is 0.498. The highest BCUT2D eigenvalue weighted by Crippen LogP contribution is 2.33. The molecule has 0 aliphatic heterocycles. The van der Waals surface area contributed by atoms with Crippen molar-refractivity contribution in [2.75, 3.05) is 0 Å². The predicted molar refractivity (Wildman–Crippen MR) is 63.4 cm³/mol. The Bertz CT molecular complexity index is 131. The highest BCUT2D eigenvalue weighted by molar-refractivity contribution is 9.09. The Balaban J connectivity index is 2.30. The van der Waals surface area contributed by atoms with Crippen LogP contribution < -0.4 is 0 Å². The van der Waals surface area contributed by atoms with Crippen LogP contribution in [0.15, 0.2) is 0 Å². The lowest BCUT2D eigenvalue weighted by Gasteiger charge is -2.16. The van der Waals surface area contributed by atoms with Crippen molar-refractivity contribution in [1.29, 1.82) is 0 Å². The summed E-state index contributed by atoms with van der Waals surface area (Å²) in [5.74, 6) is 1.99. The van der Waals surface area contributed by atoms with Crippen molar-refractivity contribution in [3.63, 3.8) is 0 Å². The van der Waals surface area contributed by atoms with Crippen molar-refractivity contribution in [1.82, 2.24) is 0 Å². The van der Waals surface area contributed by atoms with Crippen LogP contribution in [0.5, 0.6) is 0 Å². The van der Waals surface area contributed by atoms with Gasteiger partial charge >= 0.3 is 0 Å². The molecule has 0 radical (unpaired) electrons. The molecule has 0 amide bonds. The Morgan fingerprint density at radius 1 is 1.23 bits per heavy atom. The van der Waals surface area contributed by atoms with Crippen LogP contribution in [0.4, 0.5) is 0 Å². The third-order valence-corrected chi connectivity index (χ3v) is 4.23. The molecule has 0 saturated heterocycles. The lowest BCUT2D eigenvalue weighted by Crippen LogP contribution is -2.09. The first-order chi connectivity index (χ1) is 6.24. The standard InChI is InChI=1S/C12H23Br/c1-3-5-11-6-4-7-12(9-8-11)10(2)13/h10-12H,3-9H2,1-2H3. The molecule has 1 rings (SSSR count). The summed E-state index contributed by atoms with van der Waals surface area (Å²) in [5, 5.41) is 0. The van der Waals surface area contributed by atoms with E-state index in [9.17, 15) is 0 Å². The van der Waals surface area contributed by atoms with Gasteiger partial charge in [-0.2, -0.15) is 0 Å². The Morgan fingerprint density at radius 3 is 2.62 bits per heavy atom. The van der Waals surface area contributed by atoms with Crippen molar-refractivity contribution < 1.29 is 0 Å². The van der Waals surface area contributed by atoms with Gasteiger partial charge in [0.25, 0.3) is 0 Å². The molecule has 1 fully saturated rings. The zero-order valence-corrected chi connectivity index (χ0v) is 10.6. The summed E-state index contributed by atoms with van der Waals surface area (Å²) >= 11 is 3.73. The van der Waals surface area contributed by atoms with Crippen molar-refractivity contribution in [2.24, 2.45) is 11.8 Å². The minimum atomic E-state index is 0.730. The second-order valence-electron chi connectivity index (χ2n) is 4.60. The molecule has 1 saturated carbocycles. The molecule has 0 N–H and O–H groups in total. The number of rotatable bonds is 3. The van der Waals surface area contributed by atoms with Gasteiger partial charge in [-0.15, -0.1) is 0 Å². The Labute approximate surface area is 91.6 Å². The van der Waals surface area contributed by atoms with Crippen LogP contribution >= 0.6 is 15.9 Å². The van der Waals surface area contributed by atoms with Crippen LogP contribution in [-0.2, 0) is 0 Å². The van der Waals surface area contributed by atoms with E-state index in [1.807, 2.05) is 0 Å². The largest absolute Gasteiger partial charge is 0.0891 e. The first kappa shape index (κ1) is 11.6. The van der Waals surface area contributed by atoms with Crippen LogP contribution in [0, 0.1) is 11.8 Å². The topological polar surface area (TPSA) is 0 Å². The number of halogens is 1. The molecule has 0 aromatic carbocycles. The van der Waals surface area contributed by atoms with Gasteiger partial charge in [0.2, 0.25) is 0 Å². The average molecular weight is 247 g/mol. The van der Waals surface area contributed by atoms with E-state index in [-0.39, 0.29) is 0 Å². The van der Waals surface area contributed by atoms with Gasteiger partial charge in [0, 0.05) is 4.83 Å². The number of hydrogen-bond donors (Lipinski definition) is 0. The summed E-state index contributed by atoms with van der Waals surface area (Å²) in [7, 11) is 0. The SMILES string of the molecule is CCCC1CCCC(C(C)Br)CC1. The molecule has 0 nitrogen and oxygen atoms in total. The predicted octanol–water partition coefficient (Wildman–Crippen LogP) is 4.77. The fourth-order valence-electron chi connectivity index (χ4n) is 2.56. The Kier molecular flexibility index (Phi) is 5.38. The maximum Gasteiger partial charge on any atom is 0.0145 e. The smallest absolute Gasteiger partial charge is 0.0145 e. The first-order valence-electron chi connectivity index (χ1n) is 5.88. The van der Waals surface area contributed by atoms with Crippen LogP contribution in [0.2, 0.25) is 0 Å². The molecule has 13 heavy (non-hydrogen) atoms. The summed E-state index contributed by atoms with van der Waals surface area (Å²) in [6.07, 6.45) is 10.2. The van der Waals surface area contributed by atoms with E-state index in [0.29, 0.717) is 0 Å². The molecule has 1 aliphatic carbocycles. The van der Waals surface area contributed by atoms with Crippen molar-refractivity contribution in [3.8, 4) is 0 Å². The number of alkyl halides is 1. The summed E-state index contributed by atoms with van der Waals surface area (Å²) in [5.41, 5.74) is 0. The molecule has 3 unspecified atom stereocenters. The molecule has 1 aliphatic rings. The van der Waals surface area contributed by atoms with Gasteiger partial charge < -0.3 is 0 Å². The van der Waals surface area contributed by atoms with E-state index in [0.717, 1.165) is 16.7 Å². The van der Waals surface area contributed by atoms with Crippen LogP contribution in [0.25, 0.3) is 0 Å². The van der Waals surface area contributed by atoms with Gasteiger partial charge in [-0.05, 0) is 24.7 Å². The fraction of sp³-hybridized carbons (Fsp3) is 1.00. The van der Waals surface area contributed by atoms with Crippen LogP contribution in [0.3, 0.4) is 0 Å². The summed E-state index contributed by atoms with van der Waals surface area (Å²) < 4.78 is 0. The molecule has 0 heterocycles. The third-order valence-electron chi connectivity index (χ3n) is 3.48. The Hall–Kier alpha value is 0.480. The van der Waals surface area contributed by atoms with Crippen molar-refractivity contribution >= 4 is 15.9 Å². The second-order valence-corrected chi connectivity index (χ2v) is 6.04.